The summed E-state index contributed by atoms with van der Waals surface area (Å²) < 4.78 is 0. The van der Waals surface area contributed by atoms with Gasteiger partial charge in [-0.1, -0.05) is 26.2 Å². The maximum atomic E-state index is 11.5. The van der Waals surface area contributed by atoms with Gasteiger partial charge in [-0.3, -0.25) is 4.79 Å². The molecule has 1 fully saturated rings. The minimum atomic E-state index is 0.0603. The molecule has 1 rings (SSSR count). The first-order valence-corrected chi connectivity index (χ1v) is 5.68. The Morgan fingerprint density at radius 1 is 1.29 bits per heavy atom. The van der Waals surface area contributed by atoms with Gasteiger partial charge in [-0.05, 0) is 26.3 Å². The fourth-order valence-corrected chi connectivity index (χ4v) is 2.08. The summed E-state index contributed by atoms with van der Waals surface area (Å²) in [4.78, 5) is 11.5. The topological polar surface area (TPSA) is 41.1 Å². The Balaban J connectivity index is 2.29. The molecule has 0 bridgehead atoms. The molecule has 0 unspecified atom stereocenters. The number of likely N-dealkylation sites (N-methyl/N-ethyl adjacent to an activating group) is 1. The van der Waals surface area contributed by atoms with E-state index in [-0.39, 0.29) is 11.4 Å². The van der Waals surface area contributed by atoms with Gasteiger partial charge in [0.25, 0.3) is 0 Å². The van der Waals surface area contributed by atoms with Crippen molar-refractivity contribution in [1.82, 2.24) is 10.6 Å². The van der Waals surface area contributed by atoms with Gasteiger partial charge in [-0.2, -0.15) is 0 Å². The van der Waals surface area contributed by atoms with Crippen LogP contribution in [0.3, 0.4) is 0 Å². The van der Waals surface area contributed by atoms with E-state index in [1.807, 2.05) is 6.92 Å². The highest BCUT2D eigenvalue weighted by Crippen LogP contribution is 2.27. The van der Waals surface area contributed by atoms with E-state index in [1.165, 1.54) is 19.3 Å². The zero-order valence-corrected chi connectivity index (χ0v) is 9.36. The Bertz CT molecular complexity index is 186. The van der Waals surface area contributed by atoms with Gasteiger partial charge >= 0.3 is 0 Å². The van der Waals surface area contributed by atoms with E-state index < -0.39 is 0 Å². The third kappa shape index (κ3) is 3.66. The van der Waals surface area contributed by atoms with Crippen LogP contribution in [-0.2, 0) is 4.79 Å². The molecule has 2 N–H and O–H groups in total. The fourth-order valence-electron chi connectivity index (χ4n) is 2.08. The first kappa shape index (κ1) is 11.5. The Morgan fingerprint density at radius 2 is 1.93 bits per heavy atom. The Hall–Kier alpha value is -0.570. The first-order valence-electron chi connectivity index (χ1n) is 5.68. The molecule has 0 atom stereocenters. The summed E-state index contributed by atoms with van der Waals surface area (Å²) in [6.45, 7) is 5.47. The summed E-state index contributed by atoms with van der Waals surface area (Å²) in [5.41, 5.74) is 0.0603. The summed E-state index contributed by atoms with van der Waals surface area (Å²) in [6.07, 6.45) is 6.07. The molecule has 1 saturated carbocycles. The molecule has 0 saturated heterocycles. The molecular formula is C11H22N2O. The largest absolute Gasteiger partial charge is 0.350 e. The van der Waals surface area contributed by atoms with Crippen LogP contribution < -0.4 is 10.6 Å². The average molecular weight is 198 g/mol. The fraction of sp³-hybridized carbons (Fsp3) is 0.909. The molecular weight excluding hydrogens is 176 g/mol. The lowest BCUT2D eigenvalue weighted by Crippen LogP contribution is -2.49. The number of rotatable bonds is 4. The van der Waals surface area contributed by atoms with Gasteiger partial charge in [0.05, 0.1) is 6.54 Å². The van der Waals surface area contributed by atoms with Crippen LogP contribution >= 0.6 is 0 Å². The van der Waals surface area contributed by atoms with E-state index in [0.717, 1.165) is 19.4 Å². The smallest absolute Gasteiger partial charge is 0.234 e. The van der Waals surface area contributed by atoms with Crippen LogP contribution in [0.25, 0.3) is 0 Å². The van der Waals surface area contributed by atoms with Crippen LogP contribution in [0.5, 0.6) is 0 Å². The van der Waals surface area contributed by atoms with Crippen LogP contribution in [0.4, 0.5) is 0 Å². The van der Waals surface area contributed by atoms with Crippen molar-refractivity contribution in [2.45, 2.75) is 51.5 Å². The second kappa shape index (κ2) is 5.35. The van der Waals surface area contributed by atoms with Gasteiger partial charge in [-0.15, -0.1) is 0 Å². The number of amides is 1. The molecule has 3 heteroatoms. The molecule has 1 amide bonds. The Labute approximate surface area is 86.6 Å². The molecule has 0 aromatic carbocycles. The minimum Gasteiger partial charge on any atom is -0.350 e. The lowest BCUT2D eigenvalue weighted by atomic mass is 9.83. The van der Waals surface area contributed by atoms with Crippen molar-refractivity contribution >= 4 is 5.91 Å². The molecule has 0 heterocycles. The second-order valence-corrected chi connectivity index (χ2v) is 4.45. The van der Waals surface area contributed by atoms with Gasteiger partial charge < -0.3 is 10.6 Å². The maximum Gasteiger partial charge on any atom is 0.234 e. The van der Waals surface area contributed by atoms with Crippen molar-refractivity contribution < 1.29 is 4.79 Å². The molecule has 0 aromatic rings. The van der Waals surface area contributed by atoms with Crippen LogP contribution in [0.15, 0.2) is 0 Å². The molecule has 0 aromatic heterocycles. The van der Waals surface area contributed by atoms with Crippen LogP contribution in [-0.4, -0.2) is 24.5 Å². The summed E-state index contributed by atoms with van der Waals surface area (Å²) >= 11 is 0. The van der Waals surface area contributed by atoms with Crippen LogP contribution in [0.2, 0.25) is 0 Å². The van der Waals surface area contributed by atoms with E-state index >= 15 is 0 Å². The summed E-state index contributed by atoms with van der Waals surface area (Å²) in [6, 6.07) is 0. The van der Waals surface area contributed by atoms with Crippen LogP contribution in [0.1, 0.15) is 46.0 Å². The summed E-state index contributed by atoms with van der Waals surface area (Å²) in [5, 5.41) is 6.17. The summed E-state index contributed by atoms with van der Waals surface area (Å²) in [7, 11) is 0. The van der Waals surface area contributed by atoms with E-state index in [4.69, 9.17) is 0 Å². The lowest BCUT2D eigenvalue weighted by molar-refractivity contribution is -0.122. The molecule has 82 valence electrons. The molecule has 0 spiro atoms. The zero-order chi connectivity index (χ0) is 10.4. The van der Waals surface area contributed by atoms with Gasteiger partial charge in [0.15, 0.2) is 0 Å². The number of nitrogens with one attached hydrogen (secondary N) is 2. The Morgan fingerprint density at radius 3 is 2.50 bits per heavy atom. The van der Waals surface area contributed by atoms with Gasteiger partial charge in [0.1, 0.15) is 0 Å². The molecule has 0 radical (unpaired) electrons. The van der Waals surface area contributed by atoms with Gasteiger partial charge in [-0.25, -0.2) is 0 Å². The van der Waals surface area contributed by atoms with Gasteiger partial charge in [0, 0.05) is 5.54 Å². The highest BCUT2D eigenvalue weighted by atomic mass is 16.2. The first-order chi connectivity index (χ1) is 6.66. The molecule has 14 heavy (non-hydrogen) atoms. The predicted molar refractivity (Wildman–Crippen MR) is 58.2 cm³/mol. The maximum absolute atomic E-state index is 11.5. The van der Waals surface area contributed by atoms with Crippen molar-refractivity contribution in [3.8, 4) is 0 Å². The summed E-state index contributed by atoms with van der Waals surface area (Å²) in [5.74, 6) is 0.135. The highest BCUT2D eigenvalue weighted by Gasteiger charge is 2.27. The number of hydrogen-bond acceptors (Lipinski definition) is 2. The average Bonchev–Trinajstić information content (AvgIpc) is 2.15. The number of hydrogen-bond donors (Lipinski definition) is 2. The van der Waals surface area contributed by atoms with Crippen molar-refractivity contribution in [2.24, 2.45) is 0 Å². The third-order valence-electron chi connectivity index (χ3n) is 2.93. The highest BCUT2D eigenvalue weighted by molar-refractivity contribution is 5.78. The van der Waals surface area contributed by atoms with Crippen molar-refractivity contribution in [3.05, 3.63) is 0 Å². The normalized spacial score (nSPS) is 20.4. The lowest BCUT2D eigenvalue weighted by Gasteiger charge is -2.34. The zero-order valence-electron chi connectivity index (χ0n) is 9.36. The van der Waals surface area contributed by atoms with E-state index in [0.29, 0.717) is 6.54 Å². The van der Waals surface area contributed by atoms with Gasteiger partial charge in [0.2, 0.25) is 5.91 Å². The SMILES string of the molecule is CCNCC(=O)NC1(C)CCCCC1. The van der Waals surface area contributed by atoms with Crippen LogP contribution in [0, 0.1) is 0 Å². The molecule has 3 nitrogen and oxygen atoms in total. The third-order valence-corrected chi connectivity index (χ3v) is 2.93. The monoisotopic (exact) mass is 198 g/mol. The van der Waals surface area contributed by atoms with E-state index in [1.54, 1.807) is 0 Å². The van der Waals surface area contributed by atoms with E-state index in [9.17, 15) is 4.79 Å². The quantitative estimate of drug-likeness (QED) is 0.717. The Kier molecular flexibility index (Phi) is 4.39. The van der Waals surface area contributed by atoms with Crippen molar-refractivity contribution in [1.29, 1.82) is 0 Å². The standard InChI is InChI=1S/C11H22N2O/c1-3-12-9-10(14)13-11(2)7-5-4-6-8-11/h12H,3-9H2,1-2H3,(H,13,14). The second-order valence-electron chi connectivity index (χ2n) is 4.45. The van der Waals surface area contributed by atoms with E-state index in [2.05, 4.69) is 17.6 Å². The van der Waals surface area contributed by atoms with Crippen molar-refractivity contribution in [3.63, 3.8) is 0 Å². The predicted octanol–water partition coefficient (Wildman–Crippen LogP) is 1.43. The minimum absolute atomic E-state index is 0.0603. The molecule has 1 aliphatic carbocycles. The number of carbonyl (C=O) groups is 1. The molecule has 0 aliphatic heterocycles. The molecule has 1 aliphatic rings. The van der Waals surface area contributed by atoms with Crippen molar-refractivity contribution in [2.75, 3.05) is 13.1 Å². The number of carbonyl (C=O) groups excluding carboxylic acids is 1.